The number of rotatable bonds is 2. The molecule has 3 rings (SSSR count). The van der Waals surface area contributed by atoms with E-state index in [4.69, 9.17) is 0 Å². The first kappa shape index (κ1) is 14.0. The van der Waals surface area contributed by atoms with Crippen LogP contribution in [0.3, 0.4) is 0 Å². The molecule has 108 valence electrons. The van der Waals surface area contributed by atoms with Crippen molar-refractivity contribution in [2.75, 3.05) is 0 Å². The second-order valence-corrected chi connectivity index (χ2v) is 4.71. The van der Waals surface area contributed by atoms with Crippen LogP contribution in [-0.4, -0.2) is 14.8 Å². The van der Waals surface area contributed by atoms with Gasteiger partial charge in [-0.25, -0.2) is 14.1 Å². The second kappa shape index (κ2) is 6.23. The molecule has 0 aliphatic carbocycles. The largest absolute Gasteiger partial charge is 0.248 e. The zero-order valence-electron chi connectivity index (χ0n) is 12.1. The number of halogens is 1. The third kappa shape index (κ3) is 2.89. The maximum absolute atomic E-state index is 13.0. The Morgan fingerprint density at radius 2 is 1.91 bits per heavy atom. The predicted octanol–water partition coefficient (Wildman–Crippen LogP) is 3.37. The number of hydrogen-bond acceptors (Lipinski definition) is 2. The Bertz CT molecular complexity index is 824. The lowest BCUT2D eigenvalue weighted by atomic mass is 10.2. The van der Waals surface area contributed by atoms with Crippen LogP contribution in [0, 0.1) is 17.7 Å². The highest BCUT2D eigenvalue weighted by Gasteiger charge is 2.09. The molecule has 22 heavy (non-hydrogen) atoms. The molecule has 0 radical (unpaired) electrons. The molecule has 0 saturated carbocycles. The lowest BCUT2D eigenvalue weighted by molar-refractivity contribution is 0.626. The van der Waals surface area contributed by atoms with Crippen molar-refractivity contribution in [2.24, 2.45) is 0 Å². The molecule has 0 bridgehead atoms. The summed E-state index contributed by atoms with van der Waals surface area (Å²) in [7, 11) is 0. The summed E-state index contributed by atoms with van der Waals surface area (Å²) in [6.07, 6.45) is 4.23. The van der Waals surface area contributed by atoms with Crippen molar-refractivity contribution in [1.29, 1.82) is 0 Å². The first-order valence-corrected chi connectivity index (χ1v) is 7.04. The van der Waals surface area contributed by atoms with E-state index in [-0.39, 0.29) is 5.82 Å². The normalized spacial score (nSPS) is 10.1. The van der Waals surface area contributed by atoms with Gasteiger partial charge in [0.1, 0.15) is 11.5 Å². The van der Waals surface area contributed by atoms with Gasteiger partial charge in [-0.15, -0.1) is 0 Å². The molecule has 3 nitrogen and oxygen atoms in total. The van der Waals surface area contributed by atoms with E-state index in [9.17, 15) is 4.39 Å². The van der Waals surface area contributed by atoms with Gasteiger partial charge in [-0.3, -0.25) is 0 Å². The Hall–Kier alpha value is -2.93. The first-order valence-electron chi connectivity index (χ1n) is 7.04. The quantitative estimate of drug-likeness (QED) is 0.678. The average molecular weight is 291 g/mol. The van der Waals surface area contributed by atoms with Crippen LogP contribution in [0.4, 0.5) is 4.39 Å². The SMILES string of the molecule is CCc1c(C#Cc2ccccn2)cnn1-c1ccc(F)cc1. The summed E-state index contributed by atoms with van der Waals surface area (Å²) in [6, 6.07) is 11.9. The van der Waals surface area contributed by atoms with E-state index in [2.05, 4.69) is 21.9 Å². The van der Waals surface area contributed by atoms with Crippen molar-refractivity contribution in [3.63, 3.8) is 0 Å². The van der Waals surface area contributed by atoms with Crippen LogP contribution in [0.1, 0.15) is 23.9 Å². The monoisotopic (exact) mass is 291 g/mol. The molecule has 0 atom stereocenters. The van der Waals surface area contributed by atoms with Crippen LogP contribution >= 0.6 is 0 Å². The van der Waals surface area contributed by atoms with Crippen molar-refractivity contribution in [3.05, 3.63) is 77.6 Å². The molecule has 0 aliphatic heterocycles. The van der Waals surface area contributed by atoms with Crippen molar-refractivity contribution < 1.29 is 4.39 Å². The van der Waals surface area contributed by atoms with E-state index in [0.29, 0.717) is 0 Å². The van der Waals surface area contributed by atoms with Crippen LogP contribution in [0.5, 0.6) is 0 Å². The van der Waals surface area contributed by atoms with Gasteiger partial charge in [-0.1, -0.05) is 18.9 Å². The van der Waals surface area contributed by atoms with E-state index in [1.54, 1.807) is 29.2 Å². The summed E-state index contributed by atoms with van der Waals surface area (Å²) < 4.78 is 14.8. The molecule has 2 aromatic heterocycles. The standard InChI is InChI=1S/C18H14FN3/c1-2-18-14(6-9-16-5-3-4-12-20-16)13-21-22(18)17-10-7-15(19)8-11-17/h3-5,7-8,10-13H,2H2,1H3. The Kier molecular flexibility index (Phi) is 3.97. The Balaban J connectivity index is 1.98. The third-order valence-electron chi connectivity index (χ3n) is 3.27. The minimum absolute atomic E-state index is 0.260. The highest BCUT2D eigenvalue weighted by molar-refractivity contribution is 5.45. The van der Waals surface area contributed by atoms with Crippen LogP contribution in [-0.2, 0) is 6.42 Å². The molecular weight excluding hydrogens is 277 g/mol. The molecule has 0 saturated heterocycles. The van der Waals surface area contributed by atoms with Crippen LogP contribution in [0.25, 0.3) is 5.69 Å². The van der Waals surface area contributed by atoms with Gasteiger partial charge in [-0.2, -0.15) is 5.10 Å². The summed E-state index contributed by atoms with van der Waals surface area (Å²) in [5, 5.41) is 4.37. The zero-order chi connectivity index (χ0) is 15.4. The van der Waals surface area contributed by atoms with Crippen LogP contribution in [0.15, 0.2) is 54.9 Å². The van der Waals surface area contributed by atoms with E-state index >= 15 is 0 Å². The molecule has 2 heterocycles. The molecule has 4 heteroatoms. The predicted molar refractivity (Wildman–Crippen MR) is 83.1 cm³/mol. The third-order valence-corrected chi connectivity index (χ3v) is 3.27. The highest BCUT2D eigenvalue weighted by atomic mass is 19.1. The second-order valence-electron chi connectivity index (χ2n) is 4.71. The fraction of sp³-hybridized carbons (Fsp3) is 0.111. The highest BCUT2D eigenvalue weighted by Crippen LogP contribution is 2.15. The van der Waals surface area contributed by atoms with Gasteiger partial charge < -0.3 is 0 Å². The molecule has 3 aromatic rings. The van der Waals surface area contributed by atoms with Crippen LogP contribution in [0.2, 0.25) is 0 Å². The summed E-state index contributed by atoms with van der Waals surface area (Å²) in [5.74, 6) is 5.89. The smallest absolute Gasteiger partial charge is 0.123 e. The summed E-state index contributed by atoms with van der Waals surface area (Å²) in [5.41, 5.74) is 3.40. The van der Waals surface area contributed by atoms with Gasteiger partial charge in [0.05, 0.1) is 23.1 Å². The minimum atomic E-state index is -0.260. The fourth-order valence-corrected chi connectivity index (χ4v) is 2.19. The Morgan fingerprint density at radius 1 is 1.09 bits per heavy atom. The lowest BCUT2D eigenvalue weighted by Gasteiger charge is -2.05. The molecule has 0 aliphatic rings. The van der Waals surface area contributed by atoms with Gasteiger partial charge in [0.15, 0.2) is 0 Å². The molecule has 1 aromatic carbocycles. The van der Waals surface area contributed by atoms with Gasteiger partial charge in [0.2, 0.25) is 0 Å². The number of nitrogens with zero attached hydrogens (tertiary/aromatic N) is 3. The molecule has 0 fully saturated rings. The van der Waals surface area contributed by atoms with E-state index < -0.39 is 0 Å². The van der Waals surface area contributed by atoms with Crippen LogP contribution < -0.4 is 0 Å². The van der Waals surface area contributed by atoms with Crippen molar-refractivity contribution in [1.82, 2.24) is 14.8 Å². The summed E-state index contributed by atoms with van der Waals surface area (Å²) in [4.78, 5) is 4.18. The Labute approximate surface area is 128 Å². The molecule has 0 amide bonds. The molecule has 0 N–H and O–H groups in total. The minimum Gasteiger partial charge on any atom is -0.248 e. The Morgan fingerprint density at radius 3 is 2.59 bits per heavy atom. The number of benzene rings is 1. The van der Waals surface area contributed by atoms with E-state index in [1.165, 1.54) is 12.1 Å². The molecule has 0 unspecified atom stereocenters. The van der Waals surface area contributed by atoms with Gasteiger partial charge >= 0.3 is 0 Å². The maximum atomic E-state index is 13.0. The van der Waals surface area contributed by atoms with Crippen molar-refractivity contribution in [3.8, 4) is 17.5 Å². The van der Waals surface area contributed by atoms with E-state index in [1.807, 2.05) is 25.1 Å². The number of pyridine rings is 1. The zero-order valence-corrected chi connectivity index (χ0v) is 12.1. The van der Waals surface area contributed by atoms with Gasteiger partial charge in [0.25, 0.3) is 0 Å². The number of hydrogen-bond donors (Lipinski definition) is 0. The van der Waals surface area contributed by atoms with E-state index in [0.717, 1.165) is 29.1 Å². The lowest BCUT2D eigenvalue weighted by Crippen LogP contribution is -2.02. The van der Waals surface area contributed by atoms with Gasteiger partial charge in [-0.05, 0) is 48.7 Å². The maximum Gasteiger partial charge on any atom is 0.123 e. The molecular formula is C18H14FN3. The average Bonchev–Trinajstić information content (AvgIpc) is 2.97. The number of aromatic nitrogens is 3. The molecule has 0 spiro atoms. The van der Waals surface area contributed by atoms with Gasteiger partial charge in [0, 0.05) is 6.20 Å². The summed E-state index contributed by atoms with van der Waals surface area (Å²) in [6.45, 7) is 2.04. The fourth-order valence-electron chi connectivity index (χ4n) is 2.19. The summed E-state index contributed by atoms with van der Waals surface area (Å²) >= 11 is 0. The first-order chi connectivity index (χ1) is 10.8. The van der Waals surface area contributed by atoms with Crippen molar-refractivity contribution in [2.45, 2.75) is 13.3 Å². The topological polar surface area (TPSA) is 30.7 Å². The van der Waals surface area contributed by atoms with Crippen molar-refractivity contribution >= 4 is 0 Å².